The van der Waals surface area contributed by atoms with Crippen LogP contribution < -0.4 is 5.73 Å². The molecule has 0 radical (unpaired) electrons. The summed E-state index contributed by atoms with van der Waals surface area (Å²) in [6.45, 7) is 0. The molecule has 0 aliphatic carbocycles. The fourth-order valence-corrected chi connectivity index (χ4v) is 0.220. The van der Waals surface area contributed by atoms with Gasteiger partial charge in [-0.1, -0.05) is 11.6 Å². The molecule has 0 heterocycles. The molecule has 3 N–H and O–H groups in total. The van der Waals surface area contributed by atoms with Gasteiger partial charge in [-0.2, -0.15) is 0 Å². The Morgan fingerprint density at radius 1 is 2.00 bits per heavy atom. The number of carbonyl (C=O) groups is 1. The van der Waals surface area contributed by atoms with Crippen LogP contribution in [-0.2, 0) is 9.53 Å². The van der Waals surface area contributed by atoms with Gasteiger partial charge in [-0.25, -0.2) is 4.79 Å². The molecule has 1 atom stereocenters. The van der Waals surface area contributed by atoms with Crippen LogP contribution in [0.1, 0.15) is 0 Å². The van der Waals surface area contributed by atoms with E-state index in [1.807, 2.05) is 0 Å². The third-order valence-corrected chi connectivity index (χ3v) is 0.626. The number of esters is 1. The Labute approximate surface area is 51.2 Å². The van der Waals surface area contributed by atoms with Gasteiger partial charge in [0.1, 0.15) is 0 Å². The van der Waals surface area contributed by atoms with E-state index in [0.29, 0.717) is 0 Å². The summed E-state index contributed by atoms with van der Waals surface area (Å²) in [6, 6.07) is 0. The first-order valence-corrected chi connectivity index (χ1v) is 2.15. The van der Waals surface area contributed by atoms with Crippen molar-refractivity contribution < 1.29 is 14.6 Å². The number of alkyl halides is 1. The van der Waals surface area contributed by atoms with E-state index < -0.39 is 11.2 Å². The van der Waals surface area contributed by atoms with Crippen LogP contribution in [0.15, 0.2) is 0 Å². The van der Waals surface area contributed by atoms with E-state index in [2.05, 4.69) is 10.5 Å². The van der Waals surface area contributed by atoms with E-state index in [4.69, 9.17) is 16.7 Å². The maximum Gasteiger partial charge on any atom is 0.370 e. The first-order valence-electron chi connectivity index (χ1n) is 1.77. The molecule has 0 aromatic heterocycles. The number of nitrogens with two attached hydrogens (primary N) is 1. The number of methoxy groups -OCH3 is 1. The number of ether oxygens (including phenoxy) is 1. The summed E-state index contributed by atoms with van der Waals surface area (Å²) < 4.78 is 3.97. The number of aliphatic hydroxyl groups is 1. The van der Waals surface area contributed by atoms with Crippen molar-refractivity contribution in [1.29, 1.82) is 0 Å². The molecule has 0 saturated heterocycles. The molecule has 0 aliphatic rings. The fraction of sp³-hybridized carbons (Fsp3) is 0.667. The van der Waals surface area contributed by atoms with Gasteiger partial charge in [0.05, 0.1) is 7.11 Å². The highest BCUT2D eigenvalue weighted by Crippen LogP contribution is 2.01. The highest BCUT2D eigenvalue weighted by Gasteiger charge is 2.28. The molecule has 8 heavy (non-hydrogen) atoms. The summed E-state index contributed by atoms with van der Waals surface area (Å²) in [6.07, 6.45) is 0. The van der Waals surface area contributed by atoms with Crippen LogP contribution in [-0.4, -0.2) is 23.4 Å². The first-order chi connectivity index (χ1) is 3.48. The zero-order valence-corrected chi connectivity index (χ0v) is 4.97. The van der Waals surface area contributed by atoms with Crippen molar-refractivity contribution in [2.24, 2.45) is 5.73 Å². The SMILES string of the molecule is COC(=O)C(N)(O)Cl. The molecule has 0 amide bonds. The summed E-state index contributed by atoms with van der Waals surface area (Å²) in [7, 11) is 1.07. The van der Waals surface area contributed by atoms with Crippen molar-refractivity contribution in [3.63, 3.8) is 0 Å². The van der Waals surface area contributed by atoms with Crippen molar-refractivity contribution in [2.75, 3.05) is 7.11 Å². The molecular weight excluding hydrogens is 133 g/mol. The molecule has 0 rings (SSSR count). The van der Waals surface area contributed by atoms with Gasteiger partial charge in [0.15, 0.2) is 0 Å². The first kappa shape index (κ1) is 7.68. The van der Waals surface area contributed by atoms with Crippen LogP contribution in [0.5, 0.6) is 0 Å². The second-order valence-corrected chi connectivity index (χ2v) is 1.74. The van der Waals surface area contributed by atoms with Gasteiger partial charge >= 0.3 is 5.97 Å². The monoisotopic (exact) mass is 139 g/mol. The minimum absolute atomic E-state index is 1.07. The van der Waals surface area contributed by atoms with Crippen molar-refractivity contribution in [2.45, 2.75) is 5.18 Å². The van der Waals surface area contributed by atoms with Crippen LogP contribution in [0.25, 0.3) is 0 Å². The third-order valence-electron chi connectivity index (χ3n) is 0.472. The average molecular weight is 140 g/mol. The minimum Gasteiger partial charge on any atom is -0.465 e. The highest BCUT2D eigenvalue weighted by atomic mass is 35.5. The third kappa shape index (κ3) is 2.11. The summed E-state index contributed by atoms with van der Waals surface area (Å²) in [5, 5.41) is 5.97. The molecule has 5 heteroatoms. The standard InChI is InChI=1S/C3H6ClNO3/c1-8-2(6)3(4,5)7/h7H,5H2,1H3. The van der Waals surface area contributed by atoms with E-state index >= 15 is 0 Å². The molecule has 0 aromatic carbocycles. The number of rotatable bonds is 1. The van der Waals surface area contributed by atoms with E-state index in [-0.39, 0.29) is 0 Å². The second kappa shape index (κ2) is 2.30. The normalized spacial score (nSPS) is 17.0. The van der Waals surface area contributed by atoms with E-state index in [0.717, 1.165) is 7.11 Å². The Kier molecular flexibility index (Phi) is 2.21. The van der Waals surface area contributed by atoms with Gasteiger partial charge in [0, 0.05) is 0 Å². The molecule has 0 spiro atoms. The lowest BCUT2D eigenvalue weighted by Gasteiger charge is -2.09. The molecule has 48 valence electrons. The summed E-state index contributed by atoms with van der Waals surface area (Å²) >= 11 is 4.84. The quantitative estimate of drug-likeness (QED) is 0.212. The zero-order valence-electron chi connectivity index (χ0n) is 4.22. The van der Waals surface area contributed by atoms with Gasteiger partial charge in [-0.05, 0) is 0 Å². The molecule has 0 bridgehead atoms. The van der Waals surface area contributed by atoms with E-state index in [1.54, 1.807) is 0 Å². The lowest BCUT2D eigenvalue weighted by atomic mass is 10.6. The molecular formula is C3H6ClNO3. The number of hydrogen-bond donors (Lipinski definition) is 2. The summed E-state index contributed by atoms with van der Waals surface area (Å²) in [5.41, 5.74) is 4.64. The second-order valence-electron chi connectivity index (χ2n) is 1.16. The van der Waals surface area contributed by atoms with Gasteiger partial charge < -0.3 is 9.84 Å². The Bertz CT molecular complexity index is 97.2. The van der Waals surface area contributed by atoms with Crippen LogP contribution in [0.3, 0.4) is 0 Å². The average Bonchev–Trinajstić information content (AvgIpc) is 1.62. The van der Waals surface area contributed by atoms with Crippen molar-refractivity contribution >= 4 is 17.6 Å². The van der Waals surface area contributed by atoms with Gasteiger partial charge in [0.2, 0.25) is 0 Å². The van der Waals surface area contributed by atoms with E-state index in [9.17, 15) is 4.79 Å². The number of hydrogen-bond acceptors (Lipinski definition) is 4. The Hall–Kier alpha value is -0.320. The van der Waals surface area contributed by atoms with Crippen LogP contribution >= 0.6 is 11.6 Å². The number of halogens is 1. The lowest BCUT2D eigenvalue weighted by molar-refractivity contribution is -0.153. The van der Waals surface area contributed by atoms with Crippen LogP contribution in [0, 0.1) is 0 Å². The molecule has 0 aliphatic heterocycles. The smallest absolute Gasteiger partial charge is 0.370 e. The topological polar surface area (TPSA) is 72.5 Å². The Balaban J connectivity index is 3.82. The molecule has 0 aromatic rings. The molecule has 4 nitrogen and oxygen atoms in total. The van der Waals surface area contributed by atoms with Gasteiger partial charge in [-0.3, -0.25) is 5.73 Å². The fourth-order valence-electron chi connectivity index (χ4n) is 0.143. The van der Waals surface area contributed by atoms with Crippen LogP contribution in [0.2, 0.25) is 0 Å². The summed E-state index contributed by atoms with van der Waals surface area (Å²) in [5.74, 6) is -1.07. The highest BCUT2D eigenvalue weighted by molar-refractivity contribution is 6.31. The largest absolute Gasteiger partial charge is 0.465 e. The van der Waals surface area contributed by atoms with Crippen molar-refractivity contribution in [3.05, 3.63) is 0 Å². The molecule has 1 unspecified atom stereocenters. The maximum atomic E-state index is 10.1. The predicted molar refractivity (Wildman–Crippen MR) is 27.0 cm³/mol. The number of carbonyl (C=O) groups excluding carboxylic acids is 1. The van der Waals surface area contributed by atoms with Crippen LogP contribution in [0.4, 0.5) is 0 Å². The van der Waals surface area contributed by atoms with Crippen molar-refractivity contribution in [3.8, 4) is 0 Å². The zero-order chi connectivity index (χ0) is 6.78. The van der Waals surface area contributed by atoms with Gasteiger partial charge in [-0.15, -0.1) is 0 Å². The molecule has 0 saturated carbocycles. The summed E-state index contributed by atoms with van der Waals surface area (Å²) in [4.78, 5) is 10.1. The van der Waals surface area contributed by atoms with E-state index in [1.165, 1.54) is 0 Å². The lowest BCUT2D eigenvalue weighted by Crippen LogP contribution is -2.42. The maximum absolute atomic E-state index is 10.1. The molecule has 0 fully saturated rings. The minimum atomic E-state index is -2.38. The van der Waals surface area contributed by atoms with Crippen molar-refractivity contribution in [1.82, 2.24) is 0 Å². The Morgan fingerprint density at radius 3 is 2.38 bits per heavy atom. The van der Waals surface area contributed by atoms with Gasteiger partial charge in [0.25, 0.3) is 5.18 Å². The Morgan fingerprint density at radius 2 is 2.38 bits per heavy atom. The predicted octanol–water partition coefficient (Wildman–Crippen LogP) is -0.997.